The van der Waals surface area contributed by atoms with Crippen molar-refractivity contribution in [1.29, 1.82) is 0 Å². The second kappa shape index (κ2) is 8.30. The zero-order chi connectivity index (χ0) is 20.5. The maximum atomic E-state index is 13.0. The first-order valence-electron chi connectivity index (χ1n) is 10.0. The van der Waals surface area contributed by atoms with Crippen molar-refractivity contribution in [2.24, 2.45) is 12.5 Å². The average molecular weight is 403 g/mol. The molecule has 1 aliphatic rings. The molecule has 0 unspecified atom stereocenters. The van der Waals surface area contributed by atoms with Gasteiger partial charge in [-0.05, 0) is 60.8 Å². The Bertz CT molecular complexity index is 868. The SMILES string of the molecule is CC(C)OCc1ccccc1CNC(=O)c1c2c(c(Cl)n1C)CC(C)(C)CC2. The van der Waals surface area contributed by atoms with Crippen LogP contribution in [0.2, 0.25) is 5.15 Å². The summed E-state index contributed by atoms with van der Waals surface area (Å²) < 4.78 is 7.59. The molecular weight excluding hydrogens is 372 g/mol. The summed E-state index contributed by atoms with van der Waals surface area (Å²) in [5, 5.41) is 3.79. The molecule has 0 fully saturated rings. The summed E-state index contributed by atoms with van der Waals surface area (Å²) in [6, 6.07) is 8.07. The molecule has 1 aliphatic carbocycles. The number of nitrogens with one attached hydrogen (secondary N) is 1. The predicted molar refractivity (Wildman–Crippen MR) is 114 cm³/mol. The molecule has 0 bridgehead atoms. The monoisotopic (exact) mass is 402 g/mol. The first-order chi connectivity index (χ1) is 13.2. The van der Waals surface area contributed by atoms with E-state index in [2.05, 4.69) is 19.2 Å². The smallest absolute Gasteiger partial charge is 0.268 e. The number of fused-ring (bicyclic) bond motifs is 1. The standard InChI is InChI=1S/C23H31ClN2O2/c1-15(2)28-14-17-9-7-6-8-16(17)13-25-22(27)20-18-10-11-23(3,4)12-19(18)21(24)26(20)5/h6-9,15H,10-14H2,1-5H3,(H,25,27). The lowest BCUT2D eigenvalue weighted by atomic mass is 9.75. The van der Waals surface area contributed by atoms with Crippen LogP contribution in [-0.2, 0) is 37.8 Å². The van der Waals surface area contributed by atoms with Gasteiger partial charge in [-0.2, -0.15) is 0 Å². The van der Waals surface area contributed by atoms with Gasteiger partial charge in [-0.1, -0.05) is 49.7 Å². The number of carbonyl (C=O) groups excluding carboxylic acids is 1. The van der Waals surface area contributed by atoms with Gasteiger partial charge in [0.05, 0.1) is 12.7 Å². The summed E-state index contributed by atoms with van der Waals surface area (Å²) in [5.41, 5.74) is 5.35. The normalized spacial score (nSPS) is 15.5. The third-order valence-corrected chi connectivity index (χ3v) is 6.06. The third kappa shape index (κ3) is 4.44. The Hall–Kier alpha value is -1.78. The topological polar surface area (TPSA) is 43.3 Å². The number of benzene rings is 1. The van der Waals surface area contributed by atoms with E-state index in [9.17, 15) is 4.79 Å². The molecule has 1 aromatic heterocycles. The molecule has 28 heavy (non-hydrogen) atoms. The first kappa shape index (κ1) is 20.9. The molecule has 152 valence electrons. The molecule has 1 heterocycles. The van der Waals surface area contributed by atoms with Crippen LogP contribution in [0.3, 0.4) is 0 Å². The lowest BCUT2D eigenvalue weighted by molar-refractivity contribution is 0.0651. The van der Waals surface area contributed by atoms with Crippen LogP contribution >= 0.6 is 11.6 Å². The summed E-state index contributed by atoms with van der Waals surface area (Å²) in [5.74, 6) is -0.0649. The van der Waals surface area contributed by atoms with Crippen molar-refractivity contribution in [3.05, 3.63) is 57.4 Å². The van der Waals surface area contributed by atoms with E-state index in [0.717, 1.165) is 41.5 Å². The largest absolute Gasteiger partial charge is 0.374 e. The molecule has 0 spiro atoms. The molecule has 0 aliphatic heterocycles. The average Bonchev–Trinajstić information content (AvgIpc) is 2.88. The number of nitrogens with zero attached hydrogens (tertiary/aromatic N) is 1. The van der Waals surface area contributed by atoms with Crippen LogP contribution in [0.4, 0.5) is 0 Å². The van der Waals surface area contributed by atoms with Crippen LogP contribution in [0.1, 0.15) is 66.9 Å². The number of hydrogen-bond donors (Lipinski definition) is 1. The summed E-state index contributed by atoms with van der Waals surface area (Å²) >= 11 is 6.58. The van der Waals surface area contributed by atoms with E-state index in [4.69, 9.17) is 16.3 Å². The first-order valence-corrected chi connectivity index (χ1v) is 10.4. The van der Waals surface area contributed by atoms with Gasteiger partial charge in [0, 0.05) is 13.6 Å². The Balaban J connectivity index is 1.77. The lowest BCUT2D eigenvalue weighted by Crippen LogP contribution is -2.28. The van der Waals surface area contributed by atoms with Crippen molar-refractivity contribution < 1.29 is 9.53 Å². The number of ether oxygens (including phenoxy) is 1. The van der Waals surface area contributed by atoms with E-state index in [-0.39, 0.29) is 17.4 Å². The van der Waals surface area contributed by atoms with Gasteiger partial charge < -0.3 is 14.6 Å². The van der Waals surface area contributed by atoms with Gasteiger partial charge in [0.25, 0.3) is 5.91 Å². The second-order valence-electron chi connectivity index (χ2n) is 8.81. The minimum Gasteiger partial charge on any atom is -0.374 e. The summed E-state index contributed by atoms with van der Waals surface area (Å²) in [4.78, 5) is 13.0. The summed E-state index contributed by atoms with van der Waals surface area (Å²) in [6.45, 7) is 9.58. The van der Waals surface area contributed by atoms with Gasteiger partial charge in [-0.25, -0.2) is 0 Å². The fraction of sp³-hybridized carbons (Fsp3) is 0.522. The van der Waals surface area contributed by atoms with E-state index < -0.39 is 0 Å². The van der Waals surface area contributed by atoms with Gasteiger partial charge in [0.2, 0.25) is 0 Å². The Labute approximate surface area is 173 Å². The maximum absolute atomic E-state index is 13.0. The quantitative estimate of drug-likeness (QED) is 0.734. The minimum atomic E-state index is -0.0649. The molecule has 5 heteroatoms. The molecule has 0 radical (unpaired) electrons. The van der Waals surface area contributed by atoms with Gasteiger partial charge in [0.1, 0.15) is 10.8 Å². The predicted octanol–water partition coefficient (Wildman–Crippen LogP) is 5.05. The van der Waals surface area contributed by atoms with Gasteiger partial charge >= 0.3 is 0 Å². The molecule has 0 atom stereocenters. The Kier molecular flexibility index (Phi) is 6.21. The fourth-order valence-electron chi connectivity index (χ4n) is 3.93. The van der Waals surface area contributed by atoms with Gasteiger partial charge in [-0.3, -0.25) is 4.79 Å². The van der Waals surface area contributed by atoms with Crippen molar-refractivity contribution in [3.8, 4) is 0 Å². The highest BCUT2D eigenvalue weighted by Crippen LogP contribution is 2.40. The minimum absolute atomic E-state index is 0.0649. The van der Waals surface area contributed by atoms with Crippen molar-refractivity contribution >= 4 is 17.5 Å². The highest BCUT2D eigenvalue weighted by molar-refractivity contribution is 6.31. The van der Waals surface area contributed by atoms with Crippen LogP contribution in [0, 0.1) is 5.41 Å². The van der Waals surface area contributed by atoms with Crippen LogP contribution < -0.4 is 5.32 Å². The zero-order valence-electron chi connectivity index (χ0n) is 17.6. The van der Waals surface area contributed by atoms with Crippen molar-refractivity contribution in [2.45, 2.75) is 66.2 Å². The summed E-state index contributed by atoms with van der Waals surface area (Å²) in [6.07, 6.45) is 3.04. The lowest BCUT2D eigenvalue weighted by Gasteiger charge is -2.29. The van der Waals surface area contributed by atoms with Crippen molar-refractivity contribution in [2.75, 3.05) is 0 Å². The Morgan fingerprint density at radius 2 is 1.93 bits per heavy atom. The van der Waals surface area contributed by atoms with E-state index in [1.54, 1.807) is 0 Å². The third-order valence-electron chi connectivity index (χ3n) is 5.58. The molecule has 1 aromatic carbocycles. The molecule has 1 amide bonds. The molecule has 0 saturated carbocycles. The van der Waals surface area contributed by atoms with Gasteiger partial charge in [-0.15, -0.1) is 0 Å². The summed E-state index contributed by atoms with van der Waals surface area (Å²) in [7, 11) is 1.88. The van der Waals surface area contributed by atoms with E-state index in [1.165, 1.54) is 0 Å². The van der Waals surface area contributed by atoms with Gasteiger partial charge in [0.15, 0.2) is 0 Å². The molecule has 0 saturated heterocycles. The molecule has 2 aromatic rings. The number of aromatic nitrogens is 1. The van der Waals surface area contributed by atoms with Crippen LogP contribution in [0.5, 0.6) is 0 Å². The molecule has 3 rings (SSSR count). The number of halogens is 1. The number of amides is 1. The zero-order valence-corrected chi connectivity index (χ0v) is 18.3. The highest BCUT2D eigenvalue weighted by Gasteiger charge is 2.33. The Morgan fingerprint density at radius 3 is 2.61 bits per heavy atom. The molecular formula is C23H31ClN2O2. The Morgan fingerprint density at radius 1 is 1.25 bits per heavy atom. The highest BCUT2D eigenvalue weighted by atomic mass is 35.5. The van der Waals surface area contributed by atoms with E-state index >= 15 is 0 Å². The van der Waals surface area contributed by atoms with Crippen molar-refractivity contribution in [1.82, 2.24) is 9.88 Å². The maximum Gasteiger partial charge on any atom is 0.268 e. The van der Waals surface area contributed by atoms with E-state index in [1.807, 2.05) is 49.7 Å². The fourth-order valence-corrected chi connectivity index (χ4v) is 4.19. The van der Waals surface area contributed by atoms with Crippen LogP contribution in [0.15, 0.2) is 24.3 Å². The van der Waals surface area contributed by atoms with Crippen LogP contribution in [-0.4, -0.2) is 16.6 Å². The second-order valence-corrected chi connectivity index (χ2v) is 9.17. The number of carbonyl (C=O) groups is 1. The number of hydrogen-bond acceptors (Lipinski definition) is 2. The van der Waals surface area contributed by atoms with E-state index in [0.29, 0.717) is 24.0 Å². The van der Waals surface area contributed by atoms with Crippen molar-refractivity contribution in [3.63, 3.8) is 0 Å². The van der Waals surface area contributed by atoms with Crippen LogP contribution in [0.25, 0.3) is 0 Å². The molecule has 4 nitrogen and oxygen atoms in total. The molecule has 1 N–H and O–H groups in total. The number of rotatable bonds is 6.